The van der Waals surface area contributed by atoms with Gasteiger partial charge in [-0.2, -0.15) is 0 Å². The quantitative estimate of drug-likeness (QED) is 0.727. The van der Waals surface area contributed by atoms with Gasteiger partial charge >= 0.3 is 0 Å². The van der Waals surface area contributed by atoms with Crippen LogP contribution in [0.25, 0.3) is 10.8 Å². The standard InChI is InChI=1S/C19H20N2/c1-14(2)16-8-6-15(7-9-16)12-21-19-5-3-4-17-10-11-20-13-18(17)19/h3-11,13-14,21H,12H2,1-2H3. The highest BCUT2D eigenvalue weighted by molar-refractivity contribution is 5.93. The fourth-order valence-corrected chi connectivity index (χ4v) is 2.49. The minimum atomic E-state index is 0.580. The maximum absolute atomic E-state index is 4.22. The molecule has 21 heavy (non-hydrogen) atoms. The van der Waals surface area contributed by atoms with Crippen molar-refractivity contribution in [3.05, 3.63) is 72.1 Å². The Bertz CT molecular complexity index is 725. The van der Waals surface area contributed by atoms with Gasteiger partial charge in [0, 0.05) is 30.0 Å². The molecule has 2 nitrogen and oxygen atoms in total. The summed E-state index contributed by atoms with van der Waals surface area (Å²) in [6.45, 7) is 5.26. The maximum Gasteiger partial charge on any atom is 0.0438 e. The van der Waals surface area contributed by atoms with Gasteiger partial charge in [0.15, 0.2) is 0 Å². The lowest BCUT2D eigenvalue weighted by Gasteiger charge is -2.11. The Morgan fingerprint density at radius 2 is 1.81 bits per heavy atom. The lowest BCUT2D eigenvalue weighted by Crippen LogP contribution is -2.00. The van der Waals surface area contributed by atoms with Gasteiger partial charge < -0.3 is 5.32 Å². The lowest BCUT2D eigenvalue weighted by molar-refractivity contribution is 0.865. The van der Waals surface area contributed by atoms with Crippen LogP contribution in [0.15, 0.2) is 60.9 Å². The van der Waals surface area contributed by atoms with Gasteiger partial charge in [-0.25, -0.2) is 0 Å². The van der Waals surface area contributed by atoms with Gasteiger partial charge in [0.25, 0.3) is 0 Å². The van der Waals surface area contributed by atoms with Gasteiger partial charge in [0.1, 0.15) is 0 Å². The normalized spacial score (nSPS) is 11.0. The van der Waals surface area contributed by atoms with Crippen LogP contribution in [0.2, 0.25) is 0 Å². The topological polar surface area (TPSA) is 24.9 Å². The number of fused-ring (bicyclic) bond motifs is 1. The Hall–Kier alpha value is -2.35. The van der Waals surface area contributed by atoms with Crippen LogP contribution in [0, 0.1) is 0 Å². The van der Waals surface area contributed by atoms with Crippen LogP contribution in [-0.2, 0) is 6.54 Å². The summed E-state index contributed by atoms with van der Waals surface area (Å²) < 4.78 is 0. The van der Waals surface area contributed by atoms with Crippen LogP contribution in [0.1, 0.15) is 30.9 Å². The fourth-order valence-electron chi connectivity index (χ4n) is 2.49. The van der Waals surface area contributed by atoms with Crippen molar-refractivity contribution < 1.29 is 0 Å². The first-order valence-electron chi connectivity index (χ1n) is 7.39. The second-order valence-corrected chi connectivity index (χ2v) is 5.65. The number of nitrogens with zero attached hydrogens (tertiary/aromatic N) is 1. The van der Waals surface area contributed by atoms with E-state index in [0.717, 1.165) is 12.2 Å². The van der Waals surface area contributed by atoms with Crippen LogP contribution in [-0.4, -0.2) is 4.98 Å². The Labute approximate surface area is 125 Å². The van der Waals surface area contributed by atoms with Gasteiger partial charge in [-0.3, -0.25) is 4.98 Å². The zero-order chi connectivity index (χ0) is 14.7. The number of hydrogen-bond donors (Lipinski definition) is 1. The van der Waals surface area contributed by atoms with Gasteiger partial charge in [-0.05, 0) is 34.6 Å². The molecule has 0 amide bonds. The minimum Gasteiger partial charge on any atom is -0.380 e. The number of nitrogens with one attached hydrogen (secondary N) is 1. The lowest BCUT2D eigenvalue weighted by atomic mass is 10.0. The Morgan fingerprint density at radius 3 is 2.57 bits per heavy atom. The first-order chi connectivity index (χ1) is 10.2. The van der Waals surface area contributed by atoms with E-state index in [1.807, 2.05) is 18.5 Å². The van der Waals surface area contributed by atoms with E-state index in [1.54, 1.807) is 0 Å². The third-order valence-corrected chi connectivity index (χ3v) is 3.81. The Balaban J connectivity index is 1.77. The van der Waals surface area contributed by atoms with E-state index < -0.39 is 0 Å². The average molecular weight is 276 g/mol. The van der Waals surface area contributed by atoms with E-state index >= 15 is 0 Å². The van der Waals surface area contributed by atoms with Gasteiger partial charge in [0.2, 0.25) is 0 Å². The zero-order valence-corrected chi connectivity index (χ0v) is 12.5. The second kappa shape index (κ2) is 5.96. The second-order valence-electron chi connectivity index (χ2n) is 5.65. The predicted octanol–water partition coefficient (Wildman–Crippen LogP) is 4.97. The molecule has 0 atom stereocenters. The molecular weight excluding hydrogens is 256 g/mol. The van der Waals surface area contributed by atoms with Crippen LogP contribution >= 0.6 is 0 Å². The molecule has 0 bridgehead atoms. The molecule has 2 aromatic carbocycles. The first-order valence-corrected chi connectivity index (χ1v) is 7.39. The number of hydrogen-bond acceptors (Lipinski definition) is 2. The summed E-state index contributed by atoms with van der Waals surface area (Å²) in [6, 6.07) is 17.2. The number of pyridine rings is 1. The molecule has 2 heteroatoms. The summed E-state index contributed by atoms with van der Waals surface area (Å²) in [6.07, 6.45) is 3.75. The van der Waals surface area contributed by atoms with E-state index in [0.29, 0.717) is 5.92 Å². The van der Waals surface area contributed by atoms with Crippen molar-refractivity contribution in [2.75, 3.05) is 5.32 Å². The van der Waals surface area contributed by atoms with Gasteiger partial charge in [0.05, 0.1) is 0 Å². The fraction of sp³-hybridized carbons (Fsp3) is 0.211. The average Bonchev–Trinajstić information content (AvgIpc) is 2.53. The molecule has 0 spiro atoms. The molecular formula is C19H20N2. The molecule has 0 saturated heterocycles. The molecule has 3 rings (SSSR count). The molecule has 0 radical (unpaired) electrons. The molecule has 3 aromatic rings. The Morgan fingerprint density at radius 1 is 1.00 bits per heavy atom. The van der Waals surface area contributed by atoms with E-state index in [-0.39, 0.29) is 0 Å². The molecule has 0 aliphatic heterocycles. The molecule has 0 aliphatic carbocycles. The SMILES string of the molecule is CC(C)c1ccc(CNc2cccc3ccncc23)cc1. The largest absolute Gasteiger partial charge is 0.380 e. The van der Waals surface area contributed by atoms with Crippen LogP contribution in [0.3, 0.4) is 0 Å². The van der Waals surface area contributed by atoms with Gasteiger partial charge in [-0.15, -0.1) is 0 Å². The van der Waals surface area contributed by atoms with Crippen LogP contribution in [0.5, 0.6) is 0 Å². The number of rotatable bonds is 4. The minimum absolute atomic E-state index is 0.580. The molecule has 0 unspecified atom stereocenters. The third-order valence-electron chi connectivity index (χ3n) is 3.81. The highest BCUT2D eigenvalue weighted by Gasteiger charge is 2.02. The molecule has 1 heterocycles. The van der Waals surface area contributed by atoms with E-state index in [1.165, 1.54) is 21.9 Å². The van der Waals surface area contributed by atoms with Crippen molar-refractivity contribution in [3.63, 3.8) is 0 Å². The summed E-state index contributed by atoms with van der Waals surface area (Å²) >= 11 is 0. The highest BCUT2D eigenvalue weighted by Crippen LogP contribution is 2.23. The maximum atomic E-state index is 4.22. The van der Waals surface area contributed by atoms with Crippen LogP contribution in [0.4, 0.5) is 5.69 Å². The first kappa shape index (κ1) is 13.6. The van der Waals surface area contributed by atoms with Gasteiger partial charge in [-0.1, -0.05) is 50.2 Å². The molecule has 106 valence electrons. The molecule has 1 N–H and O–H groups in total. The van der Waals surface area contributed by atoms with E-state index in [4.69, 9.17) is 0 Å². The predicted molar refractivity (Wildman–Crippen MR) is 89.6 cm³/mol. The molecule has 0 fully saturated rings. The summed E-state index contributed by atoms with van der Waals surface area (Å²) in [5.74, 6) is 0.580. The summed E-state index contributed by atoms with van der Waals surface area (Å²) in [4.78, 5) is 4.22. The smallest absolute Gasteiger partial charge is 0.0438 e. The molecule has 0 aliphatic rings. The van der Waals surface area contributed by atoms with Crippen molar-refractivity contribution in [2.45, 2.75) is 26.3 Å². The highest BCUT2D eigenvalue weighted by atomic mass is 14.9. The summed E-state index contributed by atoms with van der Waals surface area (Å²) in [5, 5.41) is 5.89. The molecule has 1 aromatic heterocycles. The van der Waals surface area contributed by atoms with Crippen molar-refractivity contribution in [1.29, 1.82) is 0 Å². The van der Waals surface area contributed by atoms with Crippen molar-refractivity contribution in [3.8, 4) is 0 Å². The summed E-state index contributed by atoms with van der Waals surface area (Å²) in [7, 11) is 0. The monoisotopic (exact) mass is 276 g/mol. The number of benzene rings is 2. The van der Waals surface area contributed by atoms with Crippen molar-refractivity contribution in [2.24, 2.45) is 0 Å². The number of anilines is 1. The van der Waals surface area contributed by atoms with E-state index in [2.05, 4.69) is 66.6 Å². The van der Waals surface area contributed by atoms with Crippen LogP contribution < -0.4 is 5.32 Å². The third kappa shape index (κ3) is 3.05. The zero-order valence-electron chi connectivity index (χ0n) is 12.5. The van der Waals surface area contributed by atoms with E-state index in [9.17, 15) is 0 Å². The summed E-state index contributed by atoms with van der Waals surface area (Å²) in [5.41, 5.74) is 3.81. The van der Waals surface area contributed by atoms with Crippen molar-refractivity contribution in [1.82, 2.24) is 4.98 Å². The number of aromatic nitrogens is 1. The Kier molecular flexibility index (Phi) is 3.87. The molecule has 0 saturated carbocycles. The van der Waals surface area contributed by atoms with Crippen molar-refractivity contribution >= 4 is 16.5 Å².